The summed E-state index contributed by atoms with van der Waals surface area (Å²) in [5.74, 6) is 0.581. The highest BCUT2D eigenvalue weighted by Gasteiger charge is 2.43. The molecule has 1 atom stereocenters. The Hall–Kier alpha value is -3.46. The lowest BCUT2D eigenvalue weighted by molar-refractivity contribution is -0.131. The van der Waals surface area contributed by atoms with E-state index in [-0.39, 0.29) is 17.6 Å². The van der Waals surface area contributed by atoms with Gasteiger partial charge in [0.2, 0.25) is 0 Å². The number of benzene rings is 2. The summed E-state index contributed by atoms with van der Waals surface area (Å²) in [6.07, 6.45) is 1.26. The fourth-order valence-electron chi connectivity index (χ4n) is 4.07. The Kier molecular flexibility index (Phi) is 6.55. The molecule has 1 amide bonds. The molecule has 6 nitrogen and oxygen atoms in total. The number of guanidine groups is 1. The van der Waals surface area contributed by atoms with E-state index in [1.165, 1.54) is 4.90 Å². The second-order valence-corrected chi connectivity index (χ2v) is 8.75. The van der Waals surface area contributed by atoms with Crippen molar-refractivity contribution in [3.63, 3.8) is 0 Å². The van der Waals surface area contributed by atoms with Crippen molar-refractivity contribution in [3.05, 3.63) is 70.8 Å². The highest BCUT2D eigenvalue weighted by atomic mass is 16.2. The van der Waals surface area contributed by atoms with Crippen LogP contribution in [0.1, 0.15) is 49.4 Å². The summed E-state index contributed by atoms with van der Waals surface area (Å²) >= 11 is 0. The minimum Gasteiger partial charge on any atom is -0.369 e. The van der Waals surface area contributed by atoms with E-state index >= 15 is 0 Å². The van der Waals surface area contributed by atoms with Gasteiger partial charge in [-0.2, -0.15) is 5.26 Å². The van der Waals surface area contributed by atoms with Gasteiger partial charge in [-0.15, -0.1) is 0 Å². The predicted molar refractivity (Wildman–Crippen MR) is 120 cm³/mol. The molecule has 6 heteroatoms. The molecule has 0 aromatic heterocycles. The number of rotatable bonds is 8. The van der Waals surface area contributed by atoms with E-state index in [1.807, 2.05) is 43.3 Å². The number of amides is 1. The molecule has 3 rings (SSSR count). The molecule has 0 radical (unpaired) electrons. The maximum Gasteiger partial charge on any atom is 0.257 e. The lowest BCUT2D eigenvalue weighted by Gasteiger charge is -2.23. The van der Waals surface area contributed by atoms with Crippen molar-refractivity contribution < 1.29 is 9.59 Å². The Morgan fingerprint density at radius 1 is 1.13 bits per heavy atom. The zero-order chi connectivity index (χ0) is 22.6. The molecule has 0 fully saturated rings. The second-order valence-electron chi connectivity index (χ2n) is 8.75. The van der Waals surface area contributed by atoms with Crippen LogP contribution in [-0.4, -0.2) is 28.1 Å². The minimum absolute atomic E-state index is 0.0824. The van der Waals surface area contributed by atoms with Gasteiger partial charge >= 0.3 is 0 Å². The van der Waals surface area contributed by atoms with Crippen molar-refractivity contribution in [3.8, 4) is 6.07 Å². The van der Waals surface area contributed by atoms with Gasteiger partial charge in [0.25, 0.3) is 5.91 Å². The molecule has 2 N–H and O–H groups in total. The normalized spacial score (nSPS) is 18.2. The van der Waals surface area contributed by atoms with Gasteiger partial charge in [-0.05, 0) is 48.1 Å². The van der Waals surface area contributed by atoms with Gasteiger partial charge in [0.1, 0.15) is 11.3 Å². The van der Waals surface area contributed by atoms with Gasteiger partial charge in [0, 0.05) is 12.8 Å². The van der Waals surface area contributed by atoms with E-state index in [9.17, 15) is 9.59 Å². The highest BCUT2D eigenvalue weighted by Crippen LogP contribution is 2.29. The zero-order valence-corrected chi connectivity index (χ0v) is 18.3. The smallest absolute Gasteiger partial charge is 0.257 e. The molecule has 1 unspecified atom stereocenters. The summed E-state index contributed by atoms with van der Waals surface area (Å²) in [5.41, 5.74) is 8.52. The first-order chi connectivity index (χ1) is 14.7. The maximum atomic E-state index is 12.9. The van der Waals surface area contributed by atoms with Crippen molar-refractivity contribution in [2.24, 2.45) is 16.6 Å². The lowest BCUT2D eigenvalue weighted by atomic mass is 9.91. The van der Waals surface area contributed by atoms with Gasteiger partial charge in [0.15, 0.2) is 5.96 Å². The van der Waals surface area contributed by atoms with Gasteiger partial charge in [0.05, 0.1) is 18.2 Å². The van der Waals surface area contributed by atoms with Gasteiger partial charge in [-0.25, -0.2) is 4.99 Å². The summed E-state index contributed by atoms with van der Waals surface area (Å²) in [5, 5.41) is 8.88. The number of carbonyl (C=O) groups excluding carboxylic acids is 2. The summed E-state index contributed by atoms with van der Waals surface area (Å²) in [4.78, 5) is 31.4. The third-order valence-corrected chi connectivity index (χ3v) is 5.37. The standard InChI is InChI=1S/C25H28N4O2/c1-17(2)14-25(3)23(31)29(24(27)28-25)16-21-6-4-5-20(11-21)13-22(30)12-18-7-9-19(15-26)10-8-18/h4-11,17H,12-14,16H2,1-3H3,(H2,27,28). The Balaban J connectivity index is 1.65. The summed E-state index contributed by atoms with van der Waals surface area (Å²) < 4.78 is 0. The molecule has 1 heterocycles. The predicted octanol–water partition coefficient (Wildman–Crippen LogP) is 3.37. The van der Waals surface area contributed by atoms with Gasteiger partial charge in [-0.1, -0.05) is 50.2 Å². The molecule has 31 heavy (non-hydrogen) atoms. The van der Waals surface area contributed by atoms with Crippen molar-refractivity contribution >= 4 is 17.6 Å². The average Bonchev–Trinajstić information content (AvgIpc) is 2.91. The fraction of sp³-hybridized carbons (Fsp3) is 0.360. The summed E-state index contributed by atoms with van der Waals surface area (Å²) in [6, 6.07) is 16.8. The molecule has 0 spiro atoms. The van der Waals surface area contributed by atoms with Crippen LogP contribution >= 0.6 is 0 Å². The molecular formula is C25H28N4O2. The van der Waals surface area contributed by atoms with Crippen molar-refractivity contribution in [2.75, 3.05) is 0 Å². The number of nitrogens with two attached hydrogens (primary N) is 1. The van der Waals surface area contributed by atoms with E-state index < -0.39 is 5.54 Å². The monoisotopic (exact) mass is 416 g/mol. The number of nitrogens with zero attached hydrogens (tertiary/aromatic N) is 3. The van der Waals surface area contributed by atoms with Crippen LogP contribution in [0.25, 0.3) is 0 Å². The van der Waals surface area contributed by atoms with E-state index in [0.717, 1.165) is 16.7 Å². The first-order valence-corrected chi connectivity index (χ1v) is 10.5. The van der Waals surface area contributed by atoms with E-state index in [4.69, 9.17) is 11.0 Å². The van der Waals surface area contributed by atoms with E-state index in [2.05, 4.69) is 24.9 Å². The van der Waals surface area contributed by atoms with E-state index in [1.54, 1.807) is 12.1 Å². The van der Waals surface area contributed by atoms with Crippen LogP contribution in [0.15, 0.2) is 53.5 Å². The van der Waals surface area contributed by atoms with Crippen LogP contribution in [-0.2, 0) is 29.0 Å². The number of hydrogen-bond acceptors (Lipinski definition) is 5. The average molecular weight is 417 g/mol. The van der Waals surface area contributed by atoms with Crippen molar-refractivity contribution in [2.45, 2.75) is 52.1 Å². The molecule has 2 aromatic carbocycles. The molecule has 0 aliphatic carbocycles. The third-order valence-electron chi connectivity index (χ3n) is 5.37. The maximum absolute atomic E-state index is 12.9. The second kappa shape index (κ2) is 9.13. The molecule has 160 valence electrons. The van der Waals surface area contributed by atoms with Crippen LogP contribution in [0.2, 0.25) is 0 Å². The molecule has 1 aliphatic heterocycles. The number of ketones is 1. The topological polar surface area (TPSA) is 99.5 Å². The summed E-state index contributed by atoms with van der Waals surface area (Å²) in [7, 11) is 0. The van der Waals surface area contributed by atoms with Crippen LogP contribution in [0.5, 0.6) is 0 Å². The molecule has 0 saturated carbocycles. The Morgan fingerprint density at radius 3 is 2.42 bits per heavy atom. The molecule has 1 aliphatic rings. The molecule has 0 saturated heterocycles. The van der Waals surface area contributed by atoms with Gasteiger partial charge in [-0.3, -0.25) is 14.5 Å². The van der Waals surface area contributed by atoms with Crippen LogP contribution in [0.3, 0.4) is 0 Å². The SMILES string of the molecule is CC(C)CC1(C)N=C(N)N(Cc2cccc(CC(=O)Cc3ccc(C#N)cc3)c2)C1=O. The minimum atomic E-state index is -0.813. The quantitative estimate of drug-likeness (QED) is 0.713. The highest BCUT2D eigenvalue weighted by molar-refractivity contribution is 6.06. The van der Waals surface area contributed by atoms with Crippen molar-refractivity contribution in [1.29, 1.82) is 5.26 Å². The Bertz CT molecular complexity index is 1050. The van der Waals surface area contributed by atoms with Crippen LogP contribution in [0, 0.1) is 17.2 Å². The number of nitriles is 1. The largest absolute Gasteiger partial charge is 0.369 e. The zero-order valence-electron chi connectivity index (χ0n) is 18.3. The first kappa shape index (κ1) is 22.2. The van der Waals surface area contributed by atoms with Crippen LogP contribution < -0.4 is 5.73 Å². The van der Waals surface area contributed by atoms with Crippen molar-refractivity contribution in [1.82, 2.24) is 4.90 Å². The summed E-state index contributed by atoms with van der Waals surface area (Å²) in [6.45, 7) is 6.29. The number of hydrogen-bond donors (Lipinski definition) is 1. The number of Topliss-reactive ketones (excluding diaryl/α,β-unsaturated/α-hetero) is 1. The number of carbonyl (C=O) groups is 2. The first-order valence-electron chi connectivity index (χ1n) is 10.5. The Labute approximate surface area is 183 Å². The molecule has 2 aromatic rings. The van der Waals surface area contributed by atoms with Gasteiger partial charge < -0.3 is 5.73 Å². The third kappa shape index (κ3) is 5.37. The van der Waals surface area contributed by atoms with E-state index in [0.29, 0.717) is 37.3 Å². The number of aliphatic imine (C=N–C) groups is 1. The molecular weight excluding hydrogens is 388 g/mol. The fourth-order valence-corrected chi connectivity index (χ4v) is 4.07. The molecule has 0 bridgehead atoms. The Morgan fingerprint density at radius 2 is 1.77 bits per heavy atom. The lowest BCUT2D eigenvalue weighted by Crippen LogP contribution is -2.43. The van der Waals surface area contributed by atoms with Crippen LogP contribution in [0.4, 0.5) is 0 Å².